The highest BCUT2D eigenvalue weighted by Crippen LogP contribution is 2.13. The van der Waals surface area contributed by atoms with Gasteiger partial charge in [0.25, 0.3) is 0 Å². The van der Waals surface area contributed by atoms with Gasteiger partial charge in [-0.15, -0.1) is 0 Å². The quantitative estimate of drug-likeness (QED) is 0.691. The molecular formula is C12H18O. The lowest BCUT2D eigenvalue weighted by atomic mass is 10.0. The molecule has 0 amide bonds. The van der Waals surface area contributed by atoms with Crippen LogP contribution in [0, 0.1) is 13.8 Å². The third-order valence-electron chi connectivity index (χ3n) is 2.41. The van der Waals surface area contributed by atoms with Crippen molar-refractivity contribution in [1.29, 1.82) is 0 Å². The fourth-order valence-corrected chi connectivity index (χ4v) is 1.47. The van der Waals surface area contributed by atoms with E-state index in [0.717, 1.165) is 6.42 Å². The van der Waals surface area contributed by atoms with E-state index in [1.165, 1.54) is 16.7 Å². The van der Waals surface area contributed by atoms with Crippen LogP contribution in [0.3, 0.4) is 0 Å². The predicted molar refractivity (Wildman–Crippen MR) is 56.1 cm³/mol. The van der Waals surface area contributed by atoms with Gasteiger partial charge in [0.05, 0.1) is 6.10 Å². The molecule has 0 bridgehead atoms. The van der Waals surface area contributed by atoms with E-state index in [1.807, 2.05) is 0 Å². The first-order valence-corrected chi connectivity index (χ1v) is 4.72. The van der Waals surface area contributed by atoms with E-state index in [9.17, 15) is 0 Å². The maximum Gasteiger partial charge on any atom is 0.0583 e. The third-order valence-corrected chi connectivity index (χ3v) is 2.41. The summed E-state index contributed by atoms with van der Waals surface area (Å²) in [4.78, 5) is 0. The predicted octanol–water partition coefficient (Wildman–Crippen LogP) is 2.88. The van der Waals surface area contributed by atoms with Gasteiger partial charge in [-0.2, -0.15) is 0 Å². The topological polar surface area (TPSA) is 9.23 Å². The monoisotopic (exact) mass is 178 g/mol. The van der Waals surface area contributed by atoms with Crippen molar-refractivity contribution < 1.29 is 4.74 Å². The van der Waals surface area contributed by atoms with E-state index < -0.39 is 0 Å². The van der Waals surface area contributed by atoms with Crippen LogP contribution in [0.15, 0.2) is 18.2 Å². The molecule has 0 N–H and O–H groups in total. The summed E-state index contributed by atoms with van der Waals surface area (Å²) >= 11 is 0. The van der Waals surface area contributed by atoms with Crippen molar-refractivity contribution in [3.8, 4) is 0 Å². The minimum Gasteiger partial charge on any atom is -0.381 e. The first-order valence-electron chi connectivity index (χ1n) is 4.72. The second-order valence-electron chi connectivity index (χ2n) is 3.68. The van der Waals surface area contributed by atoms with Crippen molar-refractivity contribution in [1.82, 2.24) is 0 Å². The van der Waals surface area contributed by atoms with E-state index in [4.69, 9.17) is 4.74 Å². The van der Waals surface area contributed by atoms with Gasteiger partial charge in [0, 0.05) is 7.11 Å². The summed E-state index contributed by atoms with van der Waals surface area (Å²) in [6.07, 6.45) is 1.31. The van der Waals surface area contributed by atoms with E-state index in [1.54, 1.807) is 7.11 Å². The molecule has 0 fully saturated rings. The average molecular weight is 178 g/mol. The molecule has 0 aliphatic heterocycles. The lowest BCUT2D eigenvalue weighted by Gasteiger charge is -2.11. The number of ether oxygens (including phenoxy) is 1. The van der Waals surface area contributed by atoms with Crippen LogP contribution in [0.5, 0.6) is 0 Å². The molecule has 1 atom stereocenters. The van der Waals surface area contributed by atoms with Gasteiger partial charge in [-0.3, -0.25) is 0 Å². The van der Waals surface area contributed by atoms with E-state index in [0.29, 0.717) is 6.10 Å². The second kappa shape index (κ2) is 4.43. The molecule has 0 aliphatic carbocycles. The number of hydrogen-bond donors (Lipinski definition) is 0. The Labute approximate surface area is 80.7 Å². The molecule has 1 aromatic rings. The van der Waals surface area contributed by atoms with Crippen LogP contribution < -0.4 is 0 Å². The zero-order valence-corrected chi connectivity index (χ0v) is 8.92. The van der Waals surface area contributed by atoms with E-state index >= 15 is 0 Å². The van der Waals surface area contributed by atoms with Crippen LogP contribution in [0.4, 0.5) is 0 Å². The molecule has 72 valence electrons. The van der Waals surface area contributed by atoms with Crippen molar-refractivity contribution in [2.24, 2.45) is 0 Å². The first kappa shape index (κ1) is 10.3. The van der Waals surface area contributed by atoms with Crippen molar-refractivity contribution in [2.75, 3.05) is 7.11 Å². The van der Waals surface area contributed by atoms with Gasteiger partial charge in [0.15, 0.2) is 0 Å². The van der Waals surface area contributed by atoms with Crippen molar-refractivity contribution in [3.05, 3.63) is 34.9 Å². The molecule has 0 saturated carbocycles. The number of rotatable bonds is 3. The highest BCUT2D eigenvalue weighted by atomic mass is 16.5. The molecule has 0 spiro atoms. The fourth-order valence-electron chi connectivity index (χ4n) is 1.47. The Morgan fingerprint density at radius 2 is 2.00 bits per heavy atom. The maximum atomic E-state index is 5.24. The minimum atomic E-state index is 0.307. The molecule has 1 aromatic carbocycles. The summed E-state index contributed by atoms with van der Waals surface area (Å²) in [6, 6.07) is 6.57. The molecule has 1 unspecified atom stereocenters. The van der Waals surface area contributed by atoms with Crippen molar-refractivity contribution in [2.45, 2.75) is 33.3 Å². The third kappa shape index (κ3) is 2.85. The molecule has 0 aliphatic rings. The lowest BCUT2D eigenvalue weighted by molar-refractivity contribution is 0.118. The van der Waals surface area contributed by atoms with Crippen LogP contribution in [0.25, 0.3) is 0 Å². The molecule has 0 heterocycles. The van der Waals surface area contributed by atoms with Crippen LogP contribution in [0.2, 0.25) is 0 Å². The Morgan fingerprint density at radius 3 is 2.54 bits per heavy atom. The minimum absolute atomic E-state index is 0.307. The molecule has 13 heavy (non-hydrogen) atoms. The van der Waals surface area contributed by atoms with Gasteiger partial charge in [0.1, 0.15) is 0 Å². The van der Waals surface area contributed by atoms with Gasteiger partial charge < -0.3 is 4.74 Å². The largest absolute Gasteiger partial charge is 0.381 e. The van der Waals surface area contributed by atoms with Gasteiger partial charge in [-0.25, -0.2) is 0 Å². The Morgan fingerprint density at radius 1 is 1.31 bits per heavy atom. The molecule has 1 heteroatoms. The fraction of sp³-hybridized carbons (Fsp3) is 0.500. The summed E-state index contributed by atoms with van der Waals surface area (Å²) in [5.74, 6) is 0. The number of methoxy groups -OCH3 is 1. The van der Waals surface area contributed by atoms with Crippen LogP contribution >= 0.6 is 0 Å². The van der Waals surface area contributed by atoms with Crippen LogP contribution in [-0.2, 0) is 11.2 Å². The molecule has 0 radical (unpaired) electrons. The van der Waals surface area contributed by atoms with Crippen molar-refractivity contribution >= 4 is 0 Å². The summed E-state index contributed by atoms with van der Waals surface area (Å²) in [5.41, 5.74) is 4.08. The maximum absolute atomic E-state index is 5.24. The Balaban J connectivity index is 2.77. The van der Waals surface area contributed by atoms with Gasteiger partial charge in [-0.1, -0.05) is 23.8 Å². The Bertz CT molecular complexity index is 278. The summed E-state index contributed by atoms with van der Waals surface area (Å²) < 4.78 is 5.24. The highest BCUT2D eigenvalue weighted by molar-refractivity contribution is 5.30. The normalized spacial score (nSPS) is 12.9. The summed E-state index contributed by atoms with van der Waals surface area (Å²) in [7, 11) is 1.76. The lowest BCUT2D eigenvalue weighted by Crippen LogP contribution is -2.09. The molecule has 0 saturated heterocycles. The number of benzene rings is 1. The average Bonchev–Trinajstić information content (AvgIpc) is 2.09. The van der Waals surface area contributed by atoms with E-state index in [-0.39, 0.29) is 0 Å². The standard InChI is InChI=1S/C12H18O/c1-9-5-6-12(10(2)7-9)8-11(3)13-4/h5-7,11H,8H2,1-4H3. The number of aryl methyl sites for hydroxylation is 2. The van der Waals surface area contributed by atoms with Crippen LogP contribution in [0.1, 0.15) is 23.6 Å². The van der Waals surface area contributed by atoms with Gasteiger partial charge in [0.2, 0.25) is 0 Å². The van der Waals surface area contributed by atoms with Gasteiger partial charge in [-0.05, 0) is 38.3 Å². The molecule has 1 rings (SSSR count). The zero-order valence-electron chi connectivity index (χ0n) is 8.92. The zero-order chi connectivity index (χ0) is 9.84. The Hall–Kier alpha value is -0.820. The smallest absolute Gasteiger partial charge is 0.0583 e. The van der Waals surface area contributed by atoms with Crippen LogP contribution in [-0.4, -0.2) is 13.2 Å². The molecular weight excluding hydrogens is 160 g/mol. The Kier molecular flexibility index (Phi) is 3.49. The molecule has 0 aromatic heterocycles. The van der Waals surface area contributed by atoms with Gasteiger partial charge >= 0.3 is 0 Å². The first-order chi connectivity index (χ1) is 6.13. The SMILES string of the molecule is COC(C)Cc1ccc(C)cc1C. The van der Waals surface area contributed by atoms with E-state index in [2.05, 4.69) is 39.0 Å². The highest BCUT2D eigenvalue weighted by Gasteiger charge is 2.03. The van der Waals surface area contributed by atoms with Crippen molar-refractivity contribution in [3.63, 3.8) is 0 Å². The number of hydrogen-bond acceptors (Lipinski definition) is 1. The summed E-state index contributed by atoms with van der Waals surface area (Å²) in [5, 5.41) is 0. The summed E-state index contributed by atoms with van der Waals surface area (Å²) in [6.45, 7) is 6.38. The second-order valence-corrected chi connectivity index (χ2v) is 3.68. The molecule has 1 nitrogen and oxygen atoms in total.